The molecule has 2 aromatic rings. The Hall–Kier alpha value is -3.10. The molecule has 1 aliphatic heterocycles. The Bertz CT molecular complexity index is 831. The molecule has 1 aliphatic rings. The first-order valence-electron chi connectivity index (χ1n) is 11.9. The molecule has 8 nitrogen and oxygen atoms in total. The van der Waals surface area contributed by atoms with Crippen molar-refractivity contribution < 1.29 is 28.5 Å². The highest BCUT2D eigenvalue weighted by molar-refractivity contribution is 5.97. The van der Waals surface area contributed by atoms with E-state index in [1.165, 1.54) is 0 Å². The molecule has 34 heavy (non-hydrogen) atoms. The second-order valence-electron chi connectivity index (χ2n) is 7.84. The Morgan fingerprint density at radius 1 is 0.529 bits per heavy atom. The molecule has 184 valence electrons. The van der Waals surface area contributed by atoms with Gasteiger partial charge in [0.15, 0.2) is 0 Å². The number of amides is 2. The molecule has 0 unspecified atom stereocenters. The van der Waals surface area contributed by atoms with Crippen LogP contribution in [0, 0.1) is 0 Å². The quantitative estimate of drug-likeness (QED) is 0.614. The van der Waals surface area contributed by atoms with Gasteiger partial charge >= 0.3 is 0 Å². The van der Waals surface area contributed by atoms with Gasteiger partial charge in [-0.25, -0.2) is 0 Å². The van der Waals surface area contributed by atoms with Gasteiger partial charge in [-0.05, 0) is 37.1 Å². The van der Waals surface area contributed by atoms with Crippen molar-refractivity contribution >= 4 is 11.8 Å². The predicted octanol–water partition coefficient (Wildman–Crippen LogP) is 3.21. The van der Waals surface area contributed by atoms with Crippen LogP contribution in [-0.4, -0.2) is 64.5 Å². The van der Waals surface area contributed by atoms with Crippen molar-refractivity contribution in [2.24, 2.45) is 0 Å². The summed E-state index contributed by atoms with van der Waals surface area (Å²) in [5, 5.41) is 5.91. The van der Waals surface area contributed by atoms with Crippen LogP contribution >= 0.6 is 0 Å². The third-order valence-electron chi connectivity index (χ3n) is 5.28. The Balaban J connectivity index is 1.52. The monoisotopic (exact) mass is 470 g/mol. The van der Waals surface area contributed by atoms with Gasteiger partial charge in [0.1, 0.15) is 24.7 Å². The molecule has 0 bridgehead atoms. The lowest BCUT2D eigenvalue weighted by Crippen LogP contribution is -2.26. The van der Waals surface area contributed by atoms with E-state index in [2.05, 4.69) is 10.6 Å². The van der Waals surface area contributed by atoms with Crippen LogP contribution in [0.15, 0.2) is 48.5 Å². The molecule has 0 saturated heterocycles. The standard InChI is InChI=1S/C26H34N2O6/c29-25-21-9-3-5-11-23(21)33-19-17-31-15-16-32-18-20-34-24-12-6-4-10-22(24)26(30)28-14-8-2-1-7-13-27-25/h3-6,9-12H,1-2,7-8,13-20H2,(H,27,29)(H,28,30). The van der Waals surface area contributed by atoms with Gasteiger partial charge in [0.05, 0.1) is 37.6 Å². The van der Waals surface area contributed by atoms with Crippen molar-refractivity contribution in [3.8, 4) is 11.5 Å². The van der Waals surface area contributed by atoms with Crippen LogP contribution in [0.4, 0.5) is 0 Å². The topological polar surface area (TPSA) is 95.1 Å². The molecule has 2 N–H and O–H groups in total. The Morgan fingerprint density at radius 2 is 0.941 bits per heavy atom. The number of rotatable bonds is 0. The zero-order valence-corrected chi connectivity index (χ0v) is 19.6. The Kier molecular flexibility index (Phi) is 11.2. The van der Waals surface area contributed by atoms with E-state index in [9.17, 15) is 9.59 Å². The van der Waals surface area contributed by atoms with Crippen molar-refractivity contribution in [3.05, 3.63) is 59.7 Å². The molecule has 1 heterocycles. The molecule has 0 spiro atoms. The molecule has 0 fully saturated rings. The summed E-state index contributed by atoms with van der Waals surface area (Å²) in [7, 11) is 0. The third-order valence-corrected chi connectivity index (χ3v) is 5.28. The van der Waals surface area contributed by atoms with E-state index >= 15 is 0 Å². The van der Waals surface area contributed by atoms with Crippen molar-refractivity contribution in [2.45, 2.75) is 25.7 Å². The molecule has 3 rings (SSSR count). The van der Waals surface area contributed by atoms with Crippen molar-refractivity contribution in [1.82, 2.24) is 10.6 Å². The summed E-state index contributed by atoms with van der Waals surface area (Å²) in [6, 6.07) is 14.4. The van der Waals surface area contributed by atoms with Crippen LogP contribution in [-0.2, 0) is 9.47 Å². The second kappa shape index (κ2) is 14.9. The summed E-state index contributed by atoms with van der Waals surface area (Å²) in [6.07, 6.45) is 3.67. The highest BCUT2D eigenvalue weighted by atomic mass is 16.6. The number of nitrogens with one attached hydrogen (secondary N) is 2. The summed E-state index contributed by atoms with van der Waals surface area (Å²) >= 11 is 0. The molecule has 8 heteroatoms. The van der Waals surface area contributed by atoms with E-state index in [1.54, 1.807) is 24.3 Å². The van der Waals surface area contributed by atoms with Crippen LogP contribution < -0.4 is 20.1 Å². The van der Waals surface area contributed by atoms with E-state index in [-0.39, 0.29) is 11.8 Å². The number of ether oxygens (including phenoxy) is 4. The normalized spacial score (nSPS) is 18.0. The van der Waals surface area contributed by atoms with E-state index in [0.717, 1.165) is 25.7 Å². The van der Waals surface area contributed by atoms with Gasteiger partial charge in [0.2, 0.25) is 0 Å². The third kappa shape index (κ3) is 8.68. The number of para-hydroxylation sites is 2. The van der Waals surface area contributed by atoms with E-state index in [4.69, 9.17) is 18.9 Å². The average molecular weight is 471 g/mol. The lowest BCUT2D eigenvalue weighted by atomic mass is 10.1. The second-order valence-corrected chi connectivity index (χ2v) is 7.84. The minimum absolute atomic E-state index is 0.146. The van der Waals surface area contributed by atoms with Gasteiger partial charge in [-0.2, -0.15) is 0 Å². The van der Waals surface area contributed by atoms with Gasteiger partial charge in [0.25, 0.3) is 11.8 Å². The largest absolute Gasteiger partial charge is 0.490 e. The smallest absolute Gasteiger partial charge is 0.255 e. The highest BCUT2D eigenvalue weighted by Gasteiger charge is 2.13. The highest BCUT2D eigenvalue weighted by Crippen LogP contribution is 2.19. The molecular weight excluding hydrogens is 436 g/mol. The van der Waals surface area contributed by atoms with Gasteiger partial charge < -0.3 is 29.6 Å². The zero-order chi connectivity index (χ0) is 23.8. The molecule has 0 aromatic heterocycles. The zero-order valence-electron chi connectivity index (χ0n) is 19.6. The number of carbonyl (C=O) groups is 2. The Morgan fingerprint density at radius 3 is 1.41 bits per heavy atom. The van der Waals surface area contributed by atoms with Gasteiger partial charge in [-0.1, -0.05) is 37.1 Å². The Labute approximate surface area is 200 Å². The van der Waals surface area contributed by atoms with Crippen molar-refractivity contribution in [3.63, 3.8) is 0 Å². The van der Waals surface area contributed by atoms with E-state index < -0.39 is 0 Å². The van der Waals surface area contributed by atoms with Crippen LogP contribution in [0.5, 0.6) is 11.5 Å². The fraction of sp³-hybridized carbons (Fsp3) is 0.462. The maximum Gasteiger partial charge on any atom is 0.255 e. The SMILES string of the molecule is O=C1NCCCCCCNC(=O)c2ccccc2OCCOCCOCCOc2ccccc21. The summed E-state index contributed by atoms with van der Waals surface area (Å²) in [5.74, 6) is 0.796. The number of hydrogen-bond donors (Lipinski definition) is 2. The van der Waals surface area contributed by atoms with Gasteiger partial charge in [-0.3, -0.25) is 9.59 Å². The fourth-order valence-electron chi connectivity index (χ4n) is 3.50. The number of carbonyl (C=O) groups excluding carboxylic acids is 2. The molecule has 0 atom stereocenters. The summed E-state index contributed by atoms with van der Waals surface area (Å²) in [4.78, 5) is 25.1. The van der Waals surface area contributed by atoms with Crippen LogP contribution in [0.3, 0.4) is 0 Å². The summed E-state index contributed by atoms with van der Waals surface area (Å²) in [6.45, 7) is 3.48. The maximum absolute atomic E-state index is 12.6. The summed E-state index contributed by atoms with van der Waals surface area (Å²) in [5.41, 5.74) is 1.03. The molecule has 0 aliphatic carbocycles. The van der Waals surface area contributed by atoms with Crippen molar-refractivity contribution in [1.29, 1.82) is 0 Å². The van der Waals surface area contributed by atoms with Gasteiger partial charge in [-0.15, -0.1) is 0 Å². The number of hydrogen-bond acceptors (Lipinski definition) is 6. The van der Waals surface area contributed by atoms with Gasteiger partial charge in [0, 0.05) is 13.1 Å². The first-order chi connectivity index (χ1) is 16.8. The van der Waals surface area contributed by atoms with Crippen LogP contribution in [0.1, 0.15) is 46.4 Å². The molecule has 2 aromatic carbocycles. The number of fused-ring (bicyclic) bond motifs is 2. The maximum atomic E-state index is 12.6. The molecule has 2 amide bonds. The van der Waals surface area contributed by atoms with Crippen molar-refractivity contribution in [2.75, 3.05) is 52.7 Å². The minimum Gasteiger partial charge on any atom is -0.490 e. The van der Waals surface area contributed by atoms with E-state index in [1.807, 2.05) is 24.3 Å². The lowest BCUT2D eigenvalue weighted by molar-refractivity contribution is 0.0272. The van der Waals surface area contributed by atoms with Crippen LogP contribution in [0.25, 0.3) is 0 Å². The first-order valence-corrected chi connectivity index (χ1v) is 11.9. The number of benzene rings is 2. The fourth-order valence-corrected chi connectivity index (χ4v) is 3.50. The first kappa shape index (κ1) is 25.5. The average Bonchev–Trinajstić information content (AvgIpc) is 2.86. The lowest BCUT2D eigenvalue weighted by Gasteiger charge is -2.13. The van der Waals surface area contributed by atoms with Crippen LogP contribution in [0.2, 0.25) is 0 Å². The summed E-state index contributed by atoms with van der Waals surface area (Å²) < 4.78 is 22.6. The molecule has 0 radical (unpaired) electrons. The predicted molar refractivity (Wildman–Crippen MR) is 129 cm³/mol. The minimum atomic E-state index is -0.146. The molecule has 0 saturated carbocycles. The molecular formula is C26H34N2O6. The van der Waals surface area contributed by atoms with E-state index in [0.29, 0.717) is 75.4 Å².